The fourth-order valence-corrected chi connectivity index (χ4v) is 6.38. The highest BCUT2D eigenvalue weighted by molar-refractivity contribution is 7.20. The van der Waals surface area contributed by atoms with E-state index in [0.29, 0.717) is 17.5 Å². The van der Waals surface area contributed by atoms with E-state index in [1.807, 2.05) is 54.6 Å². The van der Waals surface area contributed by atoms with E-state index < -0.39 is 5.92 Å². The van der Waals surface area contributed by atoms with E-state index in [4.69, 9.17) is 4.42 Å². The monoisotopic (exact) mass is 499 g/mol. The number of fused-ring (bicyclic) bond motifs is 4. The second kappa shape index (κ2) is 8.57. The Kier molecular flexibility index (Phi) is 5.05. The third-order valence-electron chi connectivity index (χ3n) is 6.96. The molecule has 0 radical (unpaired) electrons. The van der Waals surface area contributed by atoms with Crippen LogP contribution in [-0.2, 0) is 6.42 Å². The minimum atomic E-state index is -0.650. The fourth-order valence-electron chi connectivity index (χ4n) is 5.22. The molecule has 2 aromatic heterocycles. The molecule has 0 aliphatic heterocycles. The number of nitrogens with zero attached hydrogens (tertiary/aromatic N) is 1. The number of furan rings is 1. The maximum Gasteiger partial charge on any atom is 0.174 e. The van der Waals surface area contributed by atoms with E-state index in [1.54, 1.807) is 23.5 Å². The zero-order valence-corrected chi connectivity index (χ0v) is 20.6. The molecule has 0 N–H and O–H groups in total. The second-order valence-corrected chi connectivity index (χ2v) is 10.4. The largest absolute Gasteiger partial charge is 0.455 e. The van der Waals surface area contributed by atoms with Gasteiger partial charge in [0.15, 0.2) is 11.6 Å². The highest BCUT2D eigenvalue weighted by atomic mass is 32.1. The summed E-state index contributed by atoms with van der Waals surface area (Å²) in [5.74, 6) is -0.813. The van der Waals surface area contributed by atoms with Gasteiger partial charge in [0.05, 0.1) is 10.6 Å². The molecule has 0 unspecified atom stereocenters. The molecule has 0 amide bonds. The van der Waals surface area contributed by atoms with Gasteiger partial charge < -0.3 is 9.32 Å². The third kappa shape index (κ3) is 3.59. The van der Waals surface area contributed by atoms with E-state index in [9.17, 15) is 9.59 Å². The number of thiophene rings is 1. The number of ketones is 2. The average Bonchev–Trinajstić information content (AvgIpc) is 3.56. The van der Waals surface area contributed by atoms with Crippen LogP contribution in [0.2, 0.25) is 0 Å². The number of anilines is 3. The number of Topliss-reactive ketones (excluding diaryl/α,β-unsaturated/α-hetero) is 2. The summed E-state index contributed by atoms with van der Waals surface area (Å²) in [5, 5.41) is 1.03. The number of carbonyl (C=O) groups excluding carboxylic acids is 2. The van der Waals surface area contributed by atoms with Crippen LogP contribution in [0.4, 0.5) is 17.1 Å². The Hall–Kier alpha value is -4.48. The Balaban J connectivity index is 1.24. The normalized spacial score (nSPS) is 13.5. The summed E-state index contributed by atoms with van der Waals surface area (Å²) in [6, 6.07) is 35.9. The minimum Gasteiger partial charge on any atom is -0.455 e. The number of rotatable bonds is 5. The Labute approximate surface area is 217 Å². The molecular weight excluding hydrogens is 478 g/mol. The molecule has 1 aliphatic carbocycles. The molecule has 0 atom stereocenters. The van der Waals surface area contributed by atoms with Gasteiger partial charge in [-0.15, -0.1) is 11.3 Å². The van der Waals surface area contributed by atoms with Crippen LogP contribution in [0.5, 0.6) is 0 Å². The standard InChI is InChI=1S/C32H21NO3S/c34-30-24-13-7-8-14-25(24)31(35)27(30)18-23-19-29-32(37-23)26-16-15-22(17-28(26)36-29)33(20-9-3-1-4-10-20)21-11-5-2-6-12-21/h1-17,19,27H,18H2. The first-order chi connectivity index (χ1) is 18.2. The van der Waals surface area contributed by atoms with Crippen molar-refractivity contribution in [1.82, 2.24) is 0 Å². The van der Waals surface area contributed by atoms with Gasteiger partial charge in [-0.1, -0.05) is 60.7 Å². The molecular formula is C32H21NO3S. The van der Waals surface area contributed by atoms with Crippen molar-refractivity contribution in [2.45, 2.75) is 6.42 Å². The van der Waals surface area contributed by atoms with E-state index >= 15 is 0 Å². The minimum absolute atomic E-state index is 0.0814. The van der Waals surface area contributed by atoms with Crippen LogP contribution in [0.15, 0.2) is 114 Å². The Morgan fingerprint density at radius 1 is 0.649 bits per heavy atom. The molecule has 0 fully saturated rings. The predicted molar refractivity (Wildman–Crippen MR) is 149 cm³/mol. The van der Waals surface area contributed by atoms with Gasteiger partial charge in [-0.2, -0.15) is 0 Å². The van der Waals surface area contributed by atoms with Gasteiger partial charge in [-0.25, -0.2) is 0 Å². The van der Waals surface area contributed by atoms with E-state index in [0.717, 1.165) is 43.2 Å². The Bertz CT molecular complexity index is 1730. The number of carbonyl (C=O) groups is 2. The van der Waals surface area contributed by atoms with Gasteiger partial charge >= 0.3 is 0 Å². The van der Waals surface area contributed by atoms with Gasteiger partial charge in [0, 0.05) is 44.5 Å². The van der Waals surface area contributed by atoms with Crippen LogP contribution in [0.1, 0.15) is 25.6 Å². The molecule has 7 rings (SSSR count). The van der Waals surface area contributed by atoms with Crippen molar-refractivity contribution in [1.29, 1.82) is 0 Å². The van der Waals surface area contributed by atoms with Crippen molar-refractivity contribution in [2.75, 3.05) is 4.90 Å². The first-order valence-electron chi connectivity index (χ1n) is 12.2. The van der Waals surface area contributed by atoms with Crippen molar-refractivity contribution >= 4 is 61.2 Å². The molecule has 0 bridgehead atoms. The molecule has 5 heteroatoms. The lowest BCUT2D eigenvalue weighted by atomic mass is 9.99. The number of para-hydroxylation sites is 2. The second-order valence-electron chi connectivity index (χ2n) is 9.23. The highest BCUT2D eigenvalue weighted by Crippen LogP contribution is 2.41. The summed E-state index contributed by atoms with van der Waals surface area (Å²) in [5.41, 5.74) is 5.81. The predicted octanol–water partition coefficient (Wildman–Crippen LogP) is 8.36. The lowest BCUT2D eigenvalue weighted by Crippen LogP contribution is -2.17. The summed E-state index contributed by atoms with van der Waals surface area (Å²) in [4.78, 5) is 28.9. The zero-order valence-electron chi connectivity index (χ0n) is 19.8. The lowest BCUT2D eigenvalue weighted by Gasteiger charge is -2.25. The quantitative estimate of drug-likeness (QED) is 0.224. The fraction of sp³-hybridized carbons (Fsp3) is 0.0625. The maximum atomic E-state index is 12.9. The molecule has 0 saturated carbocycles. The SMILES string of the molecule is O=C1c2ccccc2C(=O)C1Cc1cc2oc3cc(N(c4ccccc4)c4ccccc4)ccc3c2s1. The zero-order chi connectivity index (χ0) is 24.9. The molecule has 178 valence electrons. The Morgan fingerprint density at radius 2 is 1.24 bits per heavy atom. The van der Waals surface area contributed by atoms with E-state index in [2.05, 4.69) is 47.4 Å². The maximum absolute atomic E-state index is 12.9. The first kappa shape index (κ1) is 21.8. The van der Waals surface area contributed by atoms with E-state index in [-0.39, 0.29) is 11.6 Å². The number of benzene rings is 4. The van der Waals surface area contributed by atoms with Gasteiger partial charge in [0.1, 0.15) is 11.2 Å². The first-order valence-corrected chi connectivity index (χ1v) is 13.0. The molecule has 0 saturated heterocycles. The van der Waals surface area contributed by atoms with Gasteiger partial charge in [-0.05, 0) is 48.9 Å². The smallest absolute Gasteiger partial charge is 0.174 e. The third-order valence-corrected chi connectivity index (χ3v) is 8.13. The summed E-state index contributed by atoms with van der Waals surface area (Å²) in [7, 11) is 0. The summed E-state index contributed by atoms with van der Waals surface area (Å²) in [6.07, 6.45) is 0.399. The summed E-state index contributed by atoms with van der Waals surface area (Å²) in [6.45, 7) is 0. The van der Waals surface area contributed by atoms with Crippen LogP contribution in [0, 0.1) is 5.92 Å². The van der Waals surface area contributed by atoms with Gasteiger partial charge in [-0.3, -0.25) is 9.59 Å². The highest BCUT2D eigenvalue weighted by Gasteiger charge is 2.38. The van der Waals surface area contributed by atoms with Crippen molar-refractivity contribution in [3.05, 3.63) is 125 Å². The van der Waals surface area contributed by atoms with Crippen molar-refractivity contribution in [3.8, 4) is 0 Å². The van der Waals surface area contributed by atoms with Crippen molar-refractivity contribution in [2.24, 2.45) is 5.92 Å². The summed E-state index contributed by atoms with van der Waals surface area (Å²) >= 11 is 1.60. The van der Waals surface area contributed by atoms with E-state index in [1.165, 1.54) is 0 Å². The topological polar surface area (TPSA) is 50.5 Å². The number of hydrogen-bond acceptors (Lipinski definition) is 5. The Morgan fingerprint density at radius 3 is 1.86 bits per heavy atom. The van der Waals surface area contributed by atoms with Crippen LogP contribution in [0.25, 0.3) is 21.3 Å². The van der Waals surface area contributed by atoms with Crippen LogP contribution >= 0.6 is 11.3 Å². The molecule has 0 spiro atoms. The van der Waals surface area contributed by atoms with Crippen LogP contribution in [0.3, 0.4) is 0 Å². The molecule has 1 aliphatic rings. The molecule has 4 nitrogen and oxygen atoms in total. The lowest BCUT2D eigenvalue weighted by molar-refractivity contribution is 0.0839. The molecule has 2 heterocycles. The molecule has 6 aromatic rings. The van der Waals surface area contributed by atoms with Crippen molar-refractivity contribution < 1.29 is 14.0 Å². The van der Waals surface area contributed by atoms with Crippen LogP contribution in [-0.4, -0.2) is 11.6 Å². The molecule has 37 heavy (non-hydrogen) atoms. The van der Waals surface area contributed by atoms with Crippen LogP contribution < -0.4 is 4.90 Å². The van der Waals surface area contributed by atoms with Gasteiger partial charge in [0.25, 0.3) is 0 Å². The number of hydrogen-bond donors (Lipinski definition) is 0. The molecule has 4 aromatic carbocycles. The summed E-state index contributed by atoms with van der Waals surface area (Å²) < 4.78 is 7.33. The van der Waals surface area contributed by atoms with Crippen molar-refractivity contribution in [3.63, 3.8) is 0 Å². The average molecular weight is 500 g/mol. The van der Waals surface area contributed by atoms with Gasteiger partial charge in [0.2, 0.25) is 0 Å².